The van der Waals surface area contributed by atoms with Crippen LogP contribution in [0, 0.1) is 0 Å². The zero-order valence-electron chi connectivity index (χ0n) is 11.9. The average Bonchev–Trinajstić information content (AvgIpc) is 2.13. The smallest absolute Gasteiger partial charge is 0.236 e. The van der Waals surface area contributed by atoms with Gasteiger partial charge in [-0.05, 0) is 34.9 Å². The summed E-state index contributed by atoms with van der Waals surface area (Å²) in [5.74, 6) is 0.0423. The zero-order valence-corrected chi connectivity index (χ0v) is 11.9. The molecule has 5 heteroatoms. The summed E-state index contributed by atoms with van der Waals surface area (Å²) in [7, 11) is 5.60. The molecule has 1 amide bonds. The predicted molar refractivity (Wildman–Crippen MR) is 70.0 cm³/mol. The third-order valence-electron chi connectivity index (χ3n) is 2.61. The molecule has 0 fully saturated rings. The Kier molecular flexibility index (Phi) is 6.67. The summed E-state index contributed by atoms with van der Waals surface area (Å²) in [5.41, 5.74) is -0.819. The maximum Gasteiger partial charge on any atom is 0.236 e. The van der Waals surface area contributed by atoms with E-state index in [0.29, 0.717) is 13.1 Å². The third-order valence-corrected chi connectivity index (χ3v) is 2.61. The number of rotatable bonds is 7. The highest BCUT2D eigenvalue weighted by molar-refractivity contribution is 5.78. The average molecular weight is 245 g/mol. The number of aliphatic hydroxyl groups is 1. The lowest BCUT2D eigenvalue weighted by Crippen LogP contribution is -2.48. The second-order valence-corrected chi connectivity index (χ2v) is 5.44. The first-order valence-corrected chi connectivity index (χ1v) is 5.99. The van der Waals surface area contributed by atoms with Crippen LogP contribution in [0.15, 0.2) is 0 Å². The maximum atomic E-state index is 11.7. The zero-order chi connectivity index (χ0) is 13.6. The Morgan fingerprint density at radius 2 is 1.88 bits per heavy atom. The van der Waals surface area contributed by atoms with Gasteiger partial charge in [0.15, 0.2) is 0 Å². The Morgan fingerprint density at radius 3 is 2.29 bits per heavy atom. The number of nitrogens with zero attached hydrogens (tertiary/aromatic N) is 2. The molecule has 0 saturated carbocycles. The van der Waals surface area contributed by atoms with Crippen LogP contribution >= 0.6 is 0 Å². The Hall–Kier alpha value is -0.650. The normalized spacial score (nSPS) is 15.1. The lowest BCUT2D eigenvalue weighted by atomic mass is 10.1. The van der Waals surface area contributed by atoms with E-state index in [-0.39, 0.29) is 18.5 Å². The summed E-state index contributed by atoms with van der Waals surface area (Å²) in [4.78, 5) is 15.3. The molecule has 0 bridgehead atoms. The molecular weight excluding hydrogens is 218 g/mol. The van der Waals surface area contributed by atoms with Crippen LogP contribution in [0.5, 0.6) is 0 Å². The molecule has 1 unspecified atom stereocenters. The fourth-order valence-corrected chi connectivity index (χ4v) is 1.59. The molecule has 2 N–H and O–H groups in total. The molecule has 0 saturated heterocycles. The number of carbonyl (C=O) groups excluding carboxylic acids is 1. The van der Waals surface area contributed by atoms with E-state index >= 15 is 0 Å². The van der Waals surface area contributed by atoms with Gasteiger partial charge < -0.3 is 20.2 Å². The van der Waals surface area contributed by atoms with Gasteiger partial charge in [-0.2, -0.15) is 0 Å². The van der Waals surface area contributed by atoms with E-state index in [4.69, 9.17) is 0 Å². The maximum absolute atomic E-state index is 11.7. The second-order valence-electron chi connectivity index (χ2n) is 5.44. The predicted octanol–water partition coefficient (Wildman–Crippen LogP) is -0.245. The van der Waals surface area contributed by atoms with E-state index < -0.39 is 5.60 Å². The summed E-state index contributed by atoms with van der Waals surface area (Å²) in [6.07, 6.45) is 0. The molecule has 0 aliphatic carbocycles. The molecule has 0 aromatic carbocycles. The van der Waals surface area contributed by atoms with Crippen molar-refractivity contribution < 1.29 is 9.90 Å². The molecule has 0 heterocycles. The molecule has 0 rings (SSSR count). The van der Waals surface area contributed by atoms with Gasteiger partial charge in [-0.1, -0.05) is 0 Å². The molecule has 0 aliphatic rings. The number of amides is 1. The largest absolute Gasteiger partial charge is 0.388 e. The van der Waals surface area contributed by atoms with Gasteiger partial charge in [0.1, 0.15) is 0 Å². The van der Waals surface area contributed by atoms with Gasteiger partial charge in [0.2, 0.25) is 5.91 Å². The van der Waals surface area contributed by atoms with Crippen molar-refractivity contribution in [2.75, 3.05) is 40.8 Å². The lowest BCUT2D eigenvalue weighted by Gasteiger charge is -2.28. The Morgan fingerprint density at radius 1 is 1.35 bits per heavy atom. The minimum atomic E-state index is -0.819. The van der Waals surface area contributed by atoms with Crippen molar-refractivity contribution in [1.29, 1.82) is 0 Å². The van der Waals surface area contributed by atoms with E-state index in [1.807, 2.05) is 32.8 Å². The minimum Gasteiger partial charge on any atom is -0.388 e. The number of likely N-dealkylation sites (N-methyl/N-ethyl adjacent to an activating group) is 2. The van der Waals surface area contributed by atoms with Gasteiger partial charge >= 0.3 is 0 Å². The van der Waals surface area contributed by atoms with Crippen LogP contribution in [0.2, 0.25) is 0 Å². The van der Waals surface area contributed by atoms with Crippen molar-refractivity contribution in [2.24, 2.45) is 0 Å². The highest BCUT2D eigenvalue weighted by Gasteiger charge is 2.21. The van der Waals surface area contributed by atoms with Crippen molar-refractivity contribution >= 4 is 5.91 Å². The molecule has 5 nitrogen and oxygen atoms in total. The molecule has 102 valence electrons. The summed E-state index contributed by atoms with van der Waals surface area (Å²) in [6, 6.07) is 0.201. The van der Waals surface area contributed by atoms with E-state index in [1.54, 1.807) is 18.9 Å². The van der Waals surface area contributed by atoms with Gasteiger partial charge in [-0.25, -0.2) is 0 Å². The summed E-state index contributed by atoms with van der Waals surface area (Å²) >= 11 is 0. The number of nitrogens with one attached hydrogen (secondary N) is 1. The standard InChI is InChI=1S/C12H27N3O2/c1-10(2)15(6)11(16)7-13-8-12(3,17)9-14(4)5/h10,13,17H,7-9H2,1-6H3. The first-order chi connectivity index (χ1) is 7.65. The molecule has 0 spiro atoms. The molecular formula is C12H27N3O2. The SMILES string of the molecule is CC(C)N(C)C(=O)CNCC(C)(O)CN(C)C. The summed E-state index contributed by atoms with van der Waals surface area (Å²) < 4.78 is 0. The van der Waals surface area contributed by atoms with E-state index in [1.165, 1.54) is 0 Å². The number of hydrogen-bond acceptors (Lipinski definition) is 4. The highest BCUT2D eigenvalue weighted by atomic mass is 16.3. The molecule has 0 aromatic heterocycles. The van der Waals surface area contributed by atoms with Crippen molar-refractivity contribution in [3.63, 3.8) is 0 Å². The van der Waals surface area contributed by atoms with Gasteiger partial charge in [0, 0.05) is 26.2 Å². The number of carbonyl (C=O) groups is 1. The van der Waals surface area contributed by atoms with E-state index in [9.17, 15) is 9.90 Å². The quantitative estimate of drug-likeness (QED) is 0.650. The van der Waals surface area contributed by atoms with Crippen molar-refractivity contribution in [2.45, 2.75) is 32.4 Å². The fourth-order valence-electron chi connectivity index (χ4n) is 1.59. The molecule has 0 aliphatic heterocycles. The van der Waals surface area contributed by atoms with Crippen LogP contribution in [0.3, 0.4) is 0 Å². The summed E-state index contributed by atoms with van der Waals surface area (Å²) in [6.45, 7) is 6.94. The summed E-state index contributed by atoms with van der Waals surface area (Å²) in [5, 5.41) is 13.0. The van der Waals surface area contributed by atoms with Crippen molar-refractivity contribution in [3.8, 4) is 0 Å². The van der Waals surface area contributed by atoms with Crippen LogP contribution < -0.4 is 5.32 Å². The van der Waals surface area contributed by atoms with Crippen LogP contribution in [0.25, 0.3) is 0 Å². The first-order valence-electron chi connectivity index (χ1n) is 5.99. The molecule has 0 aromatic rings. The number of hydrogen-bond donors (Lipinski definition) is 2. The van der Waals surface area contributed by atoms with Crippen molar-refractivity contribution in [1.82, 2.24) is 15.1 Å². The lowest BCUT2D eigenvalue weighted by molar-refractivity contribution is -0.130. The Balaban J connectivity index is 3.95. The topological polar surface area (TPSA) is 55.8 Å². The fraction of sp³-hybridized carbons (Fsp3) is 0.917. The third kappa shape index (κ3) is 7.31. The van der Waals surface area contributed by atoms with Crippen molar-refractivity contribution in [3.05, 3.63) is 0 Å². The minimum absolute atomic E-state index is 0.0423. The van der Waals surface area contributed by atoms with Gasteiger partial charge in [0.05, 0.1) is 12.1 Å². The first kappa shape index (κ1) is 16.4. The molecule has 17 heavy (non-hydrogen) atoms. The van der Waals surface area contributed by atoms with Crippen LogP contribution in [-0.2, 0) is 4.79 Å². The van der Waals surface area contributed by atoms with Crippen LogP contribution in [0.1, 0.15) is 20.8 Å². The monoisotopic (exact) mass is 245 g/mol. The molecule has 1 atom stereocenters. The van der Waals surface area contributed by atoms with Crippen LogP contribution in [0.4, 0.5) is 0 Å². The Bertz CT molecular complexity index is 240. The van der Waals surface area contributed by atoms with Gasteiger partial charge in [0.25, 0.3) is 0 Å². The van der Waals surface area contributed by atoms with E-state index in [0.717, 1.165) is 0 Å². The molecule has 0 radical (unpaired) electrons. The second kappa shape index (κ2) is 6.93. The van der Waals surface area contributed by atoms with Gasteiger partial charge in [-0.15, -0.1) is 0 Å². The highest BCUT2D eigenvalue weighted by Crippen LogP contribution is 2.02. The van der Waals surface area contributed by atoms with Crippen LogP contribution in [-0.4, -0.2) is 73.2 Å². The Labute approximate surface area is 105 Å². The van der Waals surface area contributed by atoms with E-state index in [2.05, 4.69) is 5.32 Å². The van der Waals surface area contributed by atoms with Gasteiger partial charge in [-0.3, -0.25) is 4.79 Å².